The van der Waals surface area contributed by atoms with Crippen LogP contribution >= 0.6 is 0 Å². The molecule has 0 aliphatic carbocycles. The van der Waals surface area contributed by atoms with Gasteiger partial charge >= 0.3 is 0 Å². The van der Waals surface area contributed by atoms with Crippen molar-refractivity contribution >= 4 is 5.91 Å². The van der Waals surface area contributed by atoms with Gasteiger partial charge in [0.25, 0.3) is 5.91 Å². The highest BCUT2D eigenvalue weighted by Gasteiger charge is 2.15. The average Bonchev–Trinajstić information content (AvgIpc) is 2.66. The Kier molecular flexibility index (Phi) is 6.11. The molecule has 2 aromatic rings. The van der Waals surface area contributed by atoms with E-state index in [1.54, 1.807) is 39.5 Å². The fourth-order valence-electron chi connectivity index (χ4n) is 2.46. The summed E-state index contributed by atoms with van der Waals surface area (Å²) in [6.45, 7) is 1.90. The molecule has 1 N–H and O–H groups in total. The van der Waals surface area contributed by atoms with Gasteiger partial charge in [0.2, 0.25) is 0 Å². The predicted molar refractivity (Wildman–Crippen MR) is 95.0 cm³/mol. The van der Waals surface area contributed by atoms with E-state index in [1.807, 2.05) is 25.1 Å². The Hall–Kier alpha value is -2.89. The highest BCUT2D eigenvalue weighted by molar-refractivity contribution is 5.95. The summed E-state index contributed by atoms with van der Waals surface area (Å²) in [5.41, 5.74) is 1.40. The number of benzene rings is 2. The third-order valence-corrected chi connectivity index (χ3v) is 3.90. The minimum Gasteiger partial charge on any atom is -0.493 e. The number of hydrogen-bond donors (Lipinski definition) is 1. The summed E-state index contributed by atoms with van der Waals surface area (Å²) in [5, 5.41) is 2.96. The van der Waals surface area contributed by atoms with Crippen LogP contribution in [0.1, 0.15) is 28.9 Å². The van der Waals surface area contributed by atoms with Crippen LogP contribution in [0, 0.1) is 0 Å². The van der Waals surface area contributed by atoms with Crippen molar-refractivity contribution < 1.29 is 23.7 Å². The molecule has 0 saturated carbocycles. The smallest absolute Gasteiger partial charge is 0.251 e. The molecule has 2 aromatic carbocycles. The average molecular weight is 345 g/mol. The first kappa shape index (κ1) is 18.4. The summed E-state index contributed by atoms with van der Waals surface area (Å²) in [5.74, 6) is 2.14. The summed E-state index contributed by atoms with van der Waals surface area (Å²) >= 11 is 0. The molecule has 0 radical (unpaired) electrons. The molecule has 0 fully saturated rings. The lowest BCUT2D eigenvalue weighted by molar-refractivity contribution is 0.0939. The van der Waals surface area contributed by atoms with Gasteiger partial charge in [0.05, 0.1) is 34.5 Å². The molecule has 0 heterocycles. The molecule has 0 aliphatic heterocycles. The number of rotatable bonds is 7. The molecular formula is C19H23NO5. The van der Waals surface area contributed by atoms with Gasteiger partial charge in [0.15, 0.2) is 23.0 Å². The SMILES string of the molecule is COc1ccc(C(=O)NC(C)c2ccc(OC)c(OC)c2)cc1OC. The van der Waals surface area contributed by atoms with E-state index in [9.17, 15) is 4.79 Å². The lowest BCUT2D eigenvalue weighted by Crippen LogP contribution is -2.26. The van der Waals surface area contributed by atoms with Crippen molar-refractivity contribution in [3.05, 3.63) is 47.5 Å². The minimum atomic E-state index is -0.208. The van der Waals surface area contributed by atoms with Crippen molar-refractivity contribution in [2.45, 2.75) is 13.0 Å². The second kappa shape index (κ2) is 8.28. The quantitative estimate of drug-likeness (QED) is 0.835. The summed E-state index contributed by atoms with van der Waals surface area (Å²) in [6.07, 6.45) is 0. The van der Waals surface area contributed by atoms with Crippen molar-refractivity contribution in [2.24, 2.45) is 0 Å². The Bertz CT molecular complexity index is 745. The maximum atomic E-state index is 12.5. The largest absolute Gasteiger partial charge is 0.493 e. The molecule has 0 saturated heterocycles. The van der Waals surface area contributed by atoms with E-state index >= 15 is 0 Å². The van der Waals surface area contributed by atoms with Crippen LogP contribution in [0.3, 0.4) is 0 Å². The zero-order valence-corrected chi connectivity index (χ0v) is 15.1. The zero-order chi connectivity index (χ0) is 18.4. The second-order valence-corrected chi connectivity index (χ2v) is 5.38. The molecule has 25 heavy (non-hydrogen) atoms. The molecule has 1 unspecified atom stereocenters. The predicted octanol–water partition coefficient (Wildman–Crippen LogP) is 3.21. The van der Waals surface area contributed by atoms with Crippen molar-refractivity contribution in [2.75, 3.05) is 28.4 Å². The molecule has 6 heteroatoms. The number of amides is 1. The standard InChI is InChI=1S/C19H23NO5/c1-12(13-6-8-15(22-2)17(10-13)24-4)20-19(21)14-7-9-16(23-3)18(11-14)25-5/h6-12H,1-5H3,(H,20,21). The van der Waals surface area contributed by atoms with E-state index in [2.05, 4.69) is 5.32 Å². The van der Waals surface area contributed by atoms with Crippen LogP contribution in [0.4, 0.5) is 0 Å². The van der Waals surface area contributed by atoms with Crippen molar-refractivity contribution in [3.63, 3.8) is 0 Å². The number of ether oxygens (including phenoxy) is 4. The zero-order valence-electron chi connectivity index (χ0n) is 15.1. The van der Waals surface area contributed by atoms with Gasteiger partial charge in [-0.25, -0.2) is 0 Å². The molecule has 0 bridgehead atoms. The monoisotopic (exact) mass is 345 g/mol. The van der Waals surface area contributed by atoms with Crippen molar-refractivity contribution in [3.8, 4) is 23.0 Å². The minimum absolute atomic E-state index is 0.205. The van der Waals surface area contributed by atoms with Gasteiger partial charge in [-0.3, -0.25) is 4.79 Å². The van der Waals surface area contributed by atoms with Gasteiger partial charge < -0.3 is 24.3 Å². The summed E-state index contributed by atoms with van der Waals surface area (Å²) in [7, 11) is 6.25. The highest BCUT2D eigenvalue weighted by Crippen LogP contribution is 2.30. The summed E-state index contributed by atoms with van der Waals surface area (Å²) < 4.78 is 21.0. The topological polar surface area (TPSA) is 66.0 Å². The van der Waals surface area contributed by atoms with Crippen LogP contribution < -0.4 is 24.3 Å². The molecular weight excluding hydrogens is 322 g/mol. The Morgan fingerprint density at radius 2 is 1.32 bits per heavy atom. The highest BCUT2D eigenvalue weighted by atomic mass is 16.5. The Labute approximate surface area is 147 Å². The Morgan fingerprint density at radius 3 is 1.88 bits per heavy atom. The van der Waals surface area contributed by atoms with Crippen molar-refractivity contribution in [1.29, 1.82) is 0 Å². The van der Waals surface area contributed by atoms with Crippen LogP contribution in [0.2, 0.25) is 0 Å². The molecule has 2 rings (SSSR count). The number of carbonyl (C=O) groups is 1. The molecule has 0 aliphatic rings. The molecule has 134 valence electrons. The maximum absolute atomic E-state index is 12.5. The van der Waals surface area contributed by atoms with E-state index in [1.165, 1.54) is 7.11 Å². The van der Waals surface area contributed by atoms with Crippen LogP contribution in [0.5, 0.6) is 23.0 Å². The lowest BCUT2D eigenvalue weighted by atomic mass is 10.1. The normalized spacial score (nSPS) is 11.4. The summed E-state index contributed by atoms with van der Waals surface area (Å²) in [6, 6.07) is 10.4. The molecule has 6 nitrogen and oxygen atoms in total. The first-order valence-electron chi connectivity index (χ1n) is 7.78. The van der Waals surface area contributed by atoms with Crippen LogP contribution in [-0.4, -0.2) is 34.3 Å². The van der Waals surface area contributed by atoms with Gasteiger partial charge in [-0.1, -0.05) is 6.07 Å². The molecule has 1 atom stereocenters. The number of hydrogen-bond acceptors (Lipinski definition) is 5. The van der Waals surface area contributed by atoms with E-state index in [4.69, 9.17) is 18.9 Å². The first-order valence-corrected chi connectivity index (χ1v) is 7.78. The van der Waals surface area contributed by atoms with Crippen LogP contribution in [-0.2, 0) is 0 Å². The third-order valence-electron chi connectivity index (χ3n) is 3.90. The van der Waals surface area contributed by atoms with E-state index in [0.717, 1.165) is 5.56 Å². The first-order chi connectivity index (χ1) is 12.0. The molecule has 0 aromatic heterocycles. The maximum Gasteiger partial charge on any atom is 0.251 e. The van der Waals surface area contributed by atoms with Gasteiger partial charge in [-0.15, -0.1) is 0 Å². The number of nitrogens with one attached hydrogen (secondary N) is 1. The molecule has 0 spiro atoms. The summed E-state index contributed by atoms with van der Waals surface area (Å²) in [4.78, 5) is 12.5. The third kappa shape index (κ3) is 4.15. The Morgan fingerprint density at radius 1 is 0.800 bits per heavy atom. The van der Waals surface area contributed by atoms with Crippen LogP contribution in [0.25, 0.3) is 0 Å². The Balaban J connectivity index is 2.17. The van der Waals surface area contributed by atoms with Gasteiger partial charge in [-0.2, -0.15) is 0 Å². The van der Waals surface area contributed by atoms with E-state index in [-0.39, 0.29) is 11.9 Å². The number of methoxy groups -OCH3 is 4. The number of carbonyl (C=O) groups excluding carboxylic acids is 1. The van der Waals surface area contributed by atoms with Gasteiger partial charge in [0, 0.05) is 5.56 Å². The molecule has 1 amide bonds. The second-order valence-electron chi connectivity index (χ2n) is 5.38. The van der Waals surface area contributed by atoms with E-state index < -0.39 is 0 Å². The van der Waals surface area contributed by atoms with Gasteiger partial charge in [-0.05, 0) is 42.8 Å². The fourth-order valence-corrected chi connectivity index (χ4v) is 2.46. The lowest BCUT2D eigenvalue weighted by Gasteiger charge is -2.17. The van der Waals surface area contributed by atoms with Gasteiger partial charge in [0.1, 0.15) is 0 Å². The van der Waals surface area contributed by atoms with Crippen molar-refractivity contribution in [1.82, 2.24) is 5.32 Å². The van der Waals surface area contributed by atoms with Crippen LogP contribution in [0.15, 0.2) is 36.4 Å². The van der Waals surface area contributed by atoms with E-state index in [0.29, 0.717) is 28.6 Å². The fraction of sp³-hybridized carbons (Fsp3) is 0.316.